The van der Waals surface area contributed by atoms with E-state index in [2.05, 4.69) is 22.2 Å². The van der Waals surface area contributed by atoms with Crippen LogP contribution in [-0.2, 0) is 11.3 Å². The van der Waals surface area contributed by atoms with Crippen molar-refractivity contribution in [3.63, 3.8) is 0 Å². The van der Waals surface area contributed by atoms with Gasteiger partial charge in [0.25, 0.3) is 5.56 Å². The first-order valence-electron chi connectivity index (χ1n) is 10.1. The number of aromatic nitrogens is 3. The smallest absolute Gasteiger partial charge is 0.278 e. The molecule has 3 aromatic rings. The Morgan fingerprint density at radius 2 is 2.17 bits per heavy atom. The van der Waals surface area contributed by atoms with Gasteiger partial charge in [-0.3, -0.25) is 14.2 Å². The number of H-pyrrole nitrogens is 1. The summed E-state index contributed by atoms with van der Waals surface area (Å²) in [6, 6.07) is 9.33. The van der Waals surface area contributed by atoms with Gasteiger partial charge in [0.2, 0.25) is 5.91 Å². The minimum absolute atomic E-state index is 0.0887. The Bertz CT molecular complexity index is 1090. The summed E-state index contributed by atoms with van der Waals surface area (Å²) in [5, 5.41) is 3.57. The van der Waals surface area contributed by atoms with Crippen molar-refractivity contribution in [2.75, 3.05) is 12.9 Å². The first kappa shape index (κ1) is 22.0. The van der Waals surface area contributed by atoms with Crippen LogP contribution in [0.4, 0.5) is 0 Å². The van der Waals surface area contributed by atoms with Crippen LogP contribution in [0, 0.1) is 6.92 Å². The molecule has 0 radical (unpaired) electrons. The second-order valence-corrected chi connectivity index (χ2v) is 8.21. The van der Waals surface area contributed by atoms with Crippen LogP contribution in [-0.4, -0.2) is 33.3 Å². The Labute approximate surface area is 180 Å². The van der Waals surface area contributed by atoms with Crippen molar-refractivity contribution in [3.05, 3.63) is 51.9 Å². The van der Waals surface area contributed by atoms with E-state index in [4.69, 9.17) is 4.74 Å². The van der Waals surface area contributed by atoms with Crippen LogP contribution < -0.4 is 15.6 Å². The number of fused-ring (bicyclic) bond motifs is 1. The summed E-state index contributed by atoms with van der Waals surface area (Å²) in [7, 11) is 1.62. The molecule has 1 aromatic carbocycles. The molecule has 30 heavy (non-hydrogen) atoms. The summed E-state index contributed by atoms with van der Waals surface area (Å²) in [5.41, 5.74) is 2.93. The van der Waals surface area contributed by atoms with E-state index in [1.165, 1.54) is 11.8 Å². The van der Waals surface area contributed by atoms with Crippen molar-refractivity contribution in [2.45, 2.75) is 51.4 Å². The number of amides is 1. The summed E-state index contributed by atoms with van der Waals surface area (Å²) in [4.78, 5) is 33.2. The maximum atomic E-state index is 12.9. The zero-order chi connectivity index (χ0) is 21.7. The molecule has 1 amide bonds. The van der Waals surface area contributed by atoms with Gasteiger partial charge in [0, 0.05) is 12.2 Å². The molecule has 160 valence electrons. The molecule has 0 bridgehead atoms. The van der Waals surface area contributed by atoms with Gasteiger partial charge in [-0.05, 0) is 44.0 Å². The number of aromatic amines is 1. The third kappa shape index (κ3) is 5.05. The Hall–Kier alpha value is -2.74. The van der Waals surface area contributed by atoms with E-state index in [1.807, 2.05) is 44.2 Å². The molecule has 0 aliphatic heterocycles. The number of ether oxygens (including phenoxy) is 1. The minimum Gasteiger partial charge on any atom is -0.497 e. The van der Waals surface area contributed by atoms with Crippen molar-refractivity contribution in [1.82, 2.24) is 19.9 Å². The van der Waals surface area contributed by atoms with Gasteiger partial charge < -0.3 is 15.0 Å². The van der Waals surface area contributed by atoms with E-state index in [1.54, 1.807) is 11.7 Å². The highest BCUT2D eigenvalue weighted by atomic mass is 32.2. The highest BCUT2D eigenvalue weighted by molar-refractivity contribution is 7.99. The fraction of sp³-hybridized carbons (Fsp3) is 0.409. The fourth-order valence-electron chi connectivity index (χ4n) is 3.24. The Morgan fingerprint density at radius 3 is 2.90 bits per heavy atom. The van der Waals surface area contributed by atoms with E-state index < -0.39 is 0 Å². The highest BCUT2D eigenvalue weighted by Gasteiger charge is 2.16. The van der Waals surface area contributed by atoms with Crippen molar-refractivity contribution in [2.24, 2.45) is 0 Å². The molecule has 0 fully saturated rings. The van der Waals surface area contributed by atoms with Gasteiger partial charge in [-0.25, -0.2) is 4.98 Å². The number of thioether (sulfide) groups is 1. The third-order valence-corrected chi connectivity index (χ3v) is 5.85. The molecule has 0 aliphatic carbocycles. The highest BCUT2D eigenvalue weighted by Crippen LogP contribution is 2.21. The van der Waals surface area contributed by atoms with Gasteiger partial charge in [-0.2, -0.15) is 0 Å². The van der Waals surface area contributed by atoms with Gasteiger partial charge in [0.05, 0.1) is 24.4 Å². The molecule has 0 saturated heterocycles. The van der Waals surface area contributed by atoms with Crippen molar-refractivity contribution < 1.29 is 9.53 Å². The number of benzene rings is 1. The van der Waals surface area contributed by atoms with E-state index in [0.717, 1.165) is 29.8 Å². The van der Waals surface area contributed by atoms with Gasteiger partial charge >= 0.3 is 0 Å². The molecule has 2 heterocycles. The quantitative estimate of drug-likeness (QED) is 0.400. The van der Waals surface area contributed by atoms with Gasteiger partial charge in [-0.15, -0.1) is 0 Å². The molecule has 0 spiro atoms. The molecule has 1 atom stereocenters. The van der Waals surface area contributed by atoms with Crippen LogP contribution in [0.15, 0.2) is 40.3 Å². The van der Waals surface area contributed by atoms with Crippen LogP contribution >= 0.6 is 11.8 Å². The maximum Gasteiger partial charge on any atom is 0.278 e. The van der Waals surface area contributed by atoms with Crippen LogP contribution in [0.2, 0.25) is 0 Å². The second-order valence-electron chi connectivity index (χ2n) is 7.27. The monoisotopic (exact) mass is 428 g/mol. The summed E-state index contributed by atoms with van der Waals surface area (Å²) in [6.45, 7) is 6.50. The number of carbonyl (C=O) groups is 1. The molecule has 3 rings (SSSR count). The first-order valence-corrected chi connectivity index (χ1v) is 11.1. The molecule has 2 N–H and O–H groups in total. The molecule has 0 aliphatic rings. The number of nitrogens with one attached hydrogen (secondary N) is 2. The number of rotatable bonds is 9. The number of nitrogens with zero attached hydrogens (tertiary/aromatic N) is 2. The van der Waals surface area contributed by atoms with Crippen LogP contribution in [0.25, 0.3) is 11.0 Å². The van der Waals surface area contributed by atoms with Crippen molar-refractivity contribution >= 4 is 28.7 Å². The molecule has 0 unspecified atom stereocenters. The zero-order valence-corrected chi connectivity index (χ0v) is 18.6. The Morgan fingerprint density at radius 1 is 1.37 bits per heavy atom. The predicted molar refractivity (Wildman–Crippen MR) is 120 cm³/mol. The Kier molecular flexibility index (Phi) is 7.20. The van der Waals surface area contributed by atoms with Gasteiger partial charge in [0.1, 0.15) is 11.3 Å². The predicted octanol–water partition coefficient (Wildman–Crippen LogP) is 3.81. The molecule has 2 aromatic heterocycles. The van der Waals surface area contributed by atoms with E-state index in [9.17, 15) is 9.59 Å². The van der Waals surface area contributed by atoms with Crippen molar-refractivity contribution in [1.29, 1.82) is 0 Å². The fourth-order valence-corrected chi connectivity index (χ4v) is 4.08. The lowest BCUT2D eigenvalue weighted by molar-refractivity contribution is -0.119. The molecule has 0 saturated carbocycles. The van der Waals surface area contributed by atoms with E-state index in [0.29, 0.717) is 22.7 Å². The molecular weight excluding hydrogens is 400 g/mol. The van der Waals surface area contributed by atoms with Gasteiger partial charge in [0.15, 0.2) is 5.16 Å². The number of aryl methyl sites for hydroxylation is 1. The maximum absolute atomic E-state index is 12.9. The summed E-state index contributed by atoms with van der Waals surface area (Å²) >= 11 is 1.29. The third-order valence-electron chi connectivity index (χ3n) is 4.88. The largest absolute Gasteiger partial charge is 0.497 e. The number of hydrogen-bond donors (Lipinski definition) is 2. The average molecular weight is 429 g/mol. The average Bonchev–Trinajstić information content (AvgIpc) is 3.12. The minimum atomic E-state index is -0.154. The van der Waals surface area contributed by atoms with E-state index in [-0.39, 0.29) is 23.3 Å². The first-order chi connectivity index (χ1) is 14.4. The van der Waals surface area contributed by atoms with E-state index >= 15 is 0 Å². The summed E-state index contributed by atoms with van der Waals surface area (Å²) < 4.78 is 6.92. The standard InChI is InChI=1S/C22H28N4O3S/c1-5-6-10-26-21(28)20-18(11-14(2)23-20)25-22(26)30-13-19(27)24-15(3)16-8-7-9-17(12-16)29-4/h7-9,11-12,15,23H,5-6,10,13H2,1-4H3,(H,24,27)/t15-/m1/s1. The van der Waals surface area contributed by atoms with Crippen molar-refractivity contribution in [3.8, 4) is 5.75 Å². The number of unbranched alkanes of at least 4 members (excludes halogenated alkanes) is 1. The number of methoxy groups -OCH3 is 1. The second kappa shape index (κ2) is 9.84. The SMILES string of the molecule is CCCCn1c(SCC(=O)N[C@H](C)c2cccc(OC)c2)nc2cc(C)[nH]c2c1=O. The lowest BCUT2D eigenvalue weighted by Gasteiger charge is -2.16. The lowest BCUT2D eigenvalue weighted by atomic mass is 10.1. The van der Waals surface area contributed by atoms with Crippen LogP contribution in [0.5, 0.6) is 5.75 Å². The van der Waals surface area contributed by atoms with Gasteiger partial charge in [-0.1, -0.05) is 37.2 Å². The molecule has 7 nitrogen and oxygen atoms in total. The number of carbonyl (C=O) groups excluding carboxylic acids is 1. The number of hydrogen-bond acceptors (Lipinski definition) is 5. The zero-order valence-electron chi connectivity index (χ0n) is 17.8. The topological polar surface area (TPSA) is 89.0 Å². The Balaban J connectivity index is 1.73. The molecule has 8 heteroatoms. The normalized spacial score (nSPS) is 12.1. The summed E-state index contributed by atoms with van der Waals surface area (Å²) in [6.07, 6.45) is 1.84. The molecular formula is C22H28N4O3S. The summed E-state index contributed by atoms with van der Waals surface area (Å²) in [5.74, 6) is 0.820. The van der Waals surface area contributed by atoms with Crippen LogP contribution in [0.1, 0.15) is 44.0 Å². The lowest BCUT2D eigenvalue weighted by Crippen LogP contribution is -2.29. The van der Waals surface area contributed by atoms with Crippen LogP contribution in [0.3, 0.4) is 0 Å².